The molecule has 0 saturated carbocycles. The number of aliphatic carboxylic acids is 4. The van der Waals surface area contributed by atoms with Gasteiger partial charge in [0.25, 0.3) is 0 Å². The van der Waals surface area contributed by atoms with Gasteiger partial charge in [0.2, 0.25) is 22.4 Å². The summed E-state index contributed by atoms with van der Waals surface area (Å²) in [5.41, 5.74) is -6.59. The van der Waals surface area contributed by atoms with Crippen LogP contribution in [0.4, 0.5) is 0 Å². The molecule has 17 heteroatoms. The summed E-state index contributed by atoms with van der Waals surface area (Å²) < 4.78 is 21.3. The standard InChI is InChI=1S/4C11H20O4.Ti/c4*1-5-7-9(12)11(6-2,10(13)14)15-8(3)4;/h4*8H,5-7H2,1-4H3,(H,13,14);. The Kier molecular flexibility index (Phi) is 37.1. The molecule has 0 aromatic heterocycles. The van der Waals surface area contributed by atoms with Crippen molar-refractivity contribution in [1.82, 2.24) is 0 Å². The minimum atomic E-state index is -1.65. The van der Waals surface area contributed by atoms with Crippen LogP contribution in [0, 0.1) is 0 Å². The molecule has 4 atom stereocenters. The first-order valence-corrected chi connectivity index (χ1v) is 21.4. The van der Waals surface area contributed by atoms with E-state index in [0.717, 1.165) is 0 Å². The van der Waals surface area contributed by atoms with Crippen LogP contribution in [0.25, 0.3) is 0 Å². The van der Waals surface area contributed by atoms with E-state index in [1.807, 2.05) is 27.7 Å². The Labute approximate surface area is 379 Å². The van der Waals surface area contributed by atoms with E-state index in [4.69, 9.17) is 39.4 Å². The fraction of sp³-hybridized carbons (Fsp3) is 0.818. The summed E-state index contributed by atoms with van der Waals surface area (Å²) >= 11 is 0. The number of carbonyl (C=O) groups excluding carboxylic acids is 4. The van der Waals surface area contributed by atoms with Crippen LogP contribution in [0.2, 0.25) is 0 Å². The number of Topliss-reactive ketones (excluding diaryl/α,β-unsaturated/α-hetero) is 4. The van der Waals surface area contributed by atoms with E-state index in [0.29, 0.717) is 25.7 Å². The maximum absolute atomic E-state index is 11.8. The molecule has 4 N–H and O–H groups in total. The molecule has 0 saturated heterocycles. The predicted octanol–water partition coefficient (Wildman–Crippen LogP) is 8.05. The van der Waals surface area contributed by atoms with Crippen LogP contribution in [-0.2, 0) is 79.0 Å². The first-order valence-electron chi connectivity index (χ1n) is 21.4. The quantitative estimate of drug-likeness (QED) is 0.0428. The van der Waals surface area contributed by atoms with Crippen LogP contribution in [0.5, 0.6) is 0 Å². The smallest absolute Gasteiger partial charge is 0.343 e. The Hall–Kier alpha value is -2.89. The van der Waals surface area contributed by atoms with Crippen molar-refractivity contribution in [3.8, 4) is 0 Å². The minimum absolute atomic E-state index is 0. The van der Waals surface area contributed by atoms with E-state index in [2.05, 4.69) is 0 Å². The van der Waals surface area contributed by atoms with E-state index in [-0.39, 0.29) is 121 Å². The summed E-state index contributed by atoms with van der Waals surface area (Å²) in [5.74, 6) is -6.09. The van der Waals surface area contributed by atoms with Crippen LogP contribution in [-0.4, -0.2) is 114 Å². The molecule has 0 aliphatic heterocycles. The second-order valence-electron chi connectivity index (χ2n) is 15.3. The first-order chi connectivity index (χ1) is 27.6. The molecular weight excluding hydrogens is 832 g/mol. The Morgan fingerprint density at radius 3 is 0.541 bits per heavy atom. The van der Waals surface area contributed by atoms with E-state index in [9.17, 15) is 38.4 Å². The molecule has 0 aliphatic rings. The van der Waals surface area contributed by atoms with Gasteiger partial charge in [0, 0.05) is 47.4 Å². The van der Waals surface area contributed by atoms with Gasteiger partial charge in [0.15, 0.2) is 23.1 Å². The van der Waals surface area contributed by atoms with Gasteiger partial charge < -0.3 is 39.4 Å². The topological polar surface area (TPSA) is 254 Å². The zero-order valence-electron chi connectivity index (χ0n) is 40.0. The van der Waals surface area contributed by atoms with Crippen molar-refractivity contribution >= 4 is 47.0 Å². The van der Waals surface area contributed by atoms with E-state index in [1.165, 1.54) is 0 Å². The fourth-order valence-corrected chi connectivity index (χ4v) is 5.99. The molecule has 16 nitrogen and oxygen atoms in total. The number of rotatable bonds is 28. The van der Waals surface area contributed by atoms with Gasteiger partial charge in [-0.2, -0.15) is 0 Å². The Morgan fingerprint density at radius 2 is 0.475 bits per heavy atom. The van der Waals surface area contributed by atoms with Crippen molar-refractivity contribution in [2.45, 2.75) is 235 Å². The van der Waals surface area contributed by atoms with Crippen molar-refractivity contribution in [1.29, 1.82) is 0 Å². The normalized spacial score (nSPS) is 14.8. The molecule has 0 aliphatic carbocycles. The summed E-state index contributed by atoms with van der Waals surface area (Å²) in [6, 6.07) is 0. The predicted molar refractivity (Wildman–Crippen MR) is 227 cm³/mol. The number of hydrogen-bond acceptors (Lipinski definition) is 12. The molecule has 61 heavy (non-hydrogen) atoms. The van der Waals surface area contributed by atoms with Crippen LogP contribution < -0.4 is 0 Å². The molecule has 4 unspecified atom stereocenters. The molecule has 0 heterocycles. The Morgan fingerprint density at radius 1 is 0.344 bits per heavy atom. The summed E-state index contributed by atoms with van der Waals surface area (Å²) in [5, 5.41) is 36.5. The molecule has 0 aromatic rings. The Bertz CT molecular complexity index is 1150. The maximum Gasteiger partial charge on any atom is 0.343 e. The van der Waals surface area contributed by atoms with Gasteiger partial charge in [0.1, 0.15) is 0 Å². The van der Waals surface area contributed by atoms with Crippen LogP contribution in [0.15, 0.2) is 0 Å². The average Bonchev–Trinajstić information content (AvgIpc) is 3.14. The van der Waals surface area contributed by atoms with Crippen molar-refractivity contribution in [2.75, 3.05) is 0 Å². The number of carboxylic acids is 4. The Balaban J connectivity index is -0.000000227. The second kappa shape index (κ2) is 33.6. The third-order valence-electron chi connectivity index (χ3n) is 8.83. The van der Waals surface area contributed by atoms with Gasteiger partial charge in [-0.05, 0) is 107 Å². The van der Waals surface area contributed by atoms with Crippen LogP contribution >= 0.6 is 0 Å². The molecule has 356 valence electrons. The van der Waals surface area contributed by atoms with Gasteiger partial charge in [-0.15, -0.1) is 0 Å². The van der Waals surface area contributed by atoms with Gasteiger partial charge in [-0.1, -0.05) is 55.4 Å². The molecule has 0 amide bonds. The number of ether oxygens (including phenoxy) is 4. The largest absolute Gasteiger partial charge is 0.479 e. The van der Waals surface area contributed by atoms with Crippen molar-refractivity contribution in [3.05, 3.63) is 0 Å². The van der Waals surface area contributed by atoms with E-state index >= 15 is 0 Å². The molecule has 0 fully saturated rings. The van der Waals surface area contributed by atoms with Gasteiger partial charge in [-0.3, -0.25) is 19.2 Å². The average molecular weight is 913 g/mol. The van der Waals surface area contributed by atoms with E-state index in [1.54, 1.807) is 83.1 Å². The summed E-state index contributed by atoms with van der Waals surface area (Å²) in [7, 11) is 0. The first kappa shape index (κ1) is 67.2. The third kappa shape index (κ3) is 21.8. The number of hydrogen-bond donors (Lipinski definition) is 4. The molecule has 0 bridgehead atoms. The third-order valence-corrected chi connectivity index (χ3v) is 8.83. The minimum Gasteiger partial charge on any atom is -0.479 e. The number of ketones is 4. The zero-order chi connectivity index (χ0) is 48.2. The van der Waals surface area contributed by atoms with Crippen molar-refractivity contribution in [2.24, 2.45) is 0 Å². The van der Waals surface area contributed by atoms with E-state index < -0.39 is 46.3 Å². The zero-order valence-corrected chi connectivity index (χ0v) is 41.5. The maximum atomic E-state index is 11.8. The SMILES string of the molecule is CCCC(=O)C(CC)(OC(C)C)C(=O)O.CCCC(=O)C(CC)(OC(C)C)C(=O)O.CCCC(=O)C(CC)(OC(C)C)C(=O)O.CCCC(=O)C(CC)(OC(C)C)C(=O)O.[Ti]. The molecular formula is C44H80O16Ti. The number of carboxylic acid groups (broad SMARTS) is 4. The summed E-state index contributed by atoms with van der Waals surface area (Å²) in [6.07, 6.45) is 3.07. The fourth-order valence-electron chi connectivity index (χ4n) is 5.99. The van der Waals surface area contributed by atoms with Gasteiger partial charge in [-0.25, -0.2) is 19.2 Å². The van der Waals surface area contributed by atoms with Gasteiger partial charge in [0.05, 0.1) is 24.4 Å². The molecule has 0 aromatic carbocycles. The molecule has 0 spiro atoms. The van der Waals surface area contributed by atoms with Crippen LogP contribution in [0.3, 0.4) is 0 Å². The van der Waals surface area contributed by atoms with Gasteiger partial charge >= 0.3 is 23.9 Å². The second-order valence-corrected chi connectivity index (χ2v) is 15.3. The van der Waals surface area contributed by atoms with Crippen molar-refractivity contribution < 1.29 is 99.4 Å². The molecule has 0 radical (unpaired) electrons. The summed E-state index contributed by atoms with van der Waals surface area (Å²) in [6.45, 7) is 27.8. The van der Waals surface area contributed by atoms with Crippen LogP contribution in [0.1, 0.15) is 188 Å². The molecule has 0 rings (SSSR count). The van der Waals surface area contributed by atoms with Crippen molar-refractivity contribution in [3.63, 3.8) is 0 Å². The number of carbonyl (C=O) groups is 8. The summed E-state index contributed by atoms with van der Waals surface area (Å²) in [4.78, 5) is 91.7. The monoisotopic (exact) mass is 912 g/mol.